The molecule has 0 spiro atoms. The summed E-state index contributed by atoms with van der Waals surface area (Å²) in [6.45, 7) is 5.62. The van der Waals surface area contributed by atoms with E-state index in [2.05, 4.69) is 14.7 Å². The highest BCUT2D eigenvalue weighted by Crippen LogP contribution is 2.28. The van der Waals surface area contributed by atoms with Crippen molar-refractivity contribution in [3.05, 3.63) is 16.5 Å². The topological polar surface area (TPSA) is 35.0 Å². The van der Waals surface area contributed by atoms with Gasteiger partial charge in [0, 0.05) is 11.0 Å². The highest BCUT2D eigenvalue weighted by molar-refractivity contribution is 6.30. The Kier molecular flexibility index (Phi) is 4.10. The number of halogens is 4. The molecule has 0 saturated carbocycles. The molecular formula is C11H14ClF3N2O. The largest absolute Gasteiger partial charge is 0.468 e. The van der Waals surface area contributed by atoms with E-state index in [0.717, 1.165) is 0 Å². The molecule has 7 heteroatoms. The van der Waals surface area contributed by atoms with Gasteiger partial charge in [-0.05, 0) is 6.92 Å². The number of alkyl halides is 3. The quantitative estimate of drug-likeness (QED) is 0.776. The van der Waals surface area contributed by atoms with Crippen molar-refractivity contribution >= 4 is 11.6 Å². The zero-order chi connectivity index (χ0) is 14.1. The molecule has 1 aromatic rings. The Labute approximate surface area is 108 Å². The van der Waals surface area contributed by atoms with Crippen LogP contribution >= 0.6 is 11.6 Å². The van der Waals surface area contributed by atoms with Crippen molar-refractivity contribution < 1.29 is 17.9 Å². The summed E-state index contributed by atoms with van der Waals surface area (Å²) in [6, 6.07) is 0. The number of hydrogen-bond donors (Lipinski definition) is 0. The van der Waals surface area contributed by atoms with Crippen LogP contribution in [0.1, 0.15) is 32.2 Å². The number of ether oxygens (including phenoxy) is 1. The highest BCUT2D eigenvalue weighted by Gasteiger charge is 2.30. The summed E-state index contributed by atoms with van der Waals surface area (Å²) in [5.41, 5.74) is -0.123. The zero-order valence-corrected chi connectivity index (χ0v) is 11.3. The molecule has 0 N–H and O–H groups in total. The van der Waals surface area contributed by atoms with Crippen LogP contribution in [-0.4, -0.2) is 22.8 Å². The molecule has 1 heterocycles. The van der Waals surface area contributed by atoms with Crippen molar-refractivity contribution in [2.24, 2.45) is 0 Å². The van der Waals surface area contributed by atoms with Gasteiger partial charge in [-0.3, -0.25) is 0 Å². The first kappa shape index (κ1) is 15.0. The van der Waals surface area contributed by atoms with E-state index >= 15 is 0 Å². The Bertz CT molecular complexity index is 441. The summed E-state index contributed by atoms with van der Waals surface area (Å²) < 4.78 is 41.0. The van der Waals surface area contributed by atoms with Gasteiger partial charge in [0.25, 0.3) is 0 Å². The van der Waals surface area contributed by atoms with Crippen LogP contribution in [0.4, 0.5) is 13.2 Å². The molecule has 0 atom stereocenters. The molecule has 0 amide bonds. The molecule has 0 radical (unpaired) electrons. The SMILES string of the molecule is Cc1c(Cl)nc(C(C)(C)C)nc1OCC(F)(F)F. The molecule has 0 aliphatic heterocycles. The summed E-state index contributed by atoms with van der Waals surface area (Å²) in [7, 11) is 0. The van der Waals surface area contributed by atoms with Gasteiger partial charge in [-0.1, -0.05) is 32.4 Å². The van der Waals surface area contributed by atoms with Crippen LogP contribution in [0.3, 0.4) is 0 Å². The number of hydrogen-bond acceptors (Lipinski definition) is 3. The fourth-order valence-electron chi connectivity index (χ4n) is 1.10. The minimum atomic E-state index is -4.41. The van der Waals surface area contributed by atoms with Gasteiger partial charge in [0.15, 0.2) is 6.61 Å². The number of rotatable bonds is 2. The lowest BCUT2D eigenvalue weighted by atomic mass is 9.96. The molecule has 0 bridgehead atoms. The average Bonchev–Trinajstić information content (AvgIpc) is 2.17. The Morgan fingerprint density at radius 3 is 2.17 bits per heavy atom. The molecule has 0 aliphatic rings. The fraction of sp³-hybridized carbons (Fsp3) is 0.636. The molecule has 1 aromatic heterocycles. The third kappa shape index (κ3) is 4.01. The third-order valence-electron chi connectivity index (χ3n) is 2.09. The van der Waals surface area contributed by atoms with Crippen LogP contribution in [0, 0.1) is 6.92 Å². The first-order valence-electron chi connectivity index (χ1n) is 5.25. The lowest BCUT2D eigenvalue weighted by Gasteiger charge is -2.19. The maximum atomic E-state index is 12.1. The summed E-state index contributed by atoms with van der Waals surface area (Å²) in [6.07, 6.45) is -4.41. The van der Waals surface area contributed by atoms with Crippen LogP contribution in [-0.2, 0) is 5.41 Å². The molecule has 102 valence electrons. The standard InChI is InChI=1S/C11H14ClF3N2O/c1-6-7(12)16-9(10(2,3)4)17-8(6)18-5-11(13,14)15/h5H2,1-4H3. The average molecular weight is 283 g/mol. The first-order valence-corrected chi connectivity index (χ1v) is 5.62. The number of nitrogens with zero attached hydrogens (tertiary/aromatic N) is 2. The van der Waals surface area contributed by atoms with Crippen molar-refractivity contribution in [1.82, 2.24) is 9.97 Å². The minimum Gasteiger partial charge on any atom is -0.468 e. The van der Waals surface area contributed by atoms with Gasteiger partial charge in [-0.25, -0.2) is 4.98 Å². The van der Waals surface area contributed by atoms with Gasteiger partial charge >= 0.3 is 6.18 Å². The van der Waals surface area contributed by atoms with E-state index in [1.165, 1.54) is 6.92 Å². The van der Waals surface area contributed by atoms with E-state index in [1.54, 1.807) is 0 Å². The molecule has 0 aromatic carbocycles. The molecule has 0 fully saturated rings. The smallest absolute Gasteiger partial charge is 0.422 e. The van der Waals surface area contributed by atoms with Crippen molar-refractivity contribution in [3.8, 4) is 5.88 Å². The van der Waals surface area contributed by atoms with Crippen LogP contribution in [0.15, 0.2) is 0 Å². The maximum Gasteiger partial charge on any atom is 0.422 e. The molecular weight excluding hydrogens is 269 g/mol. The van der Waals surface area contributed by atoms with Gasteiger partial charge in [0.1, 0.15) is 11.0 Å². The van der Waals surface area contributed by atoms with Crippen LogP contribution in [0.25, 0.3) is 0 Å². The van der Waals surface area contributed by atoms with E-state index < -0.39 is 18.2 Å². The van der Waals surface area contributed by atoms with Gasteiger partial charge in [0.2, 0.25) is 5.88 Å². The van der Waals surface area contributed by atoms with Crippen LogP contribution in [0.5, 0.6) is 5.88 Å². The second-order valence-electron chi connectivity index (χ2n) is 4.92. The van der Waals surface area contributed by atoms with E-state index in [-0.39, 0.29) is 11.0 Å². The summed E-state index contributed by atoms with van der Waals surface area (Å²) in [5.74, 6) is 0.215. The predicted octanol–water partition coefficient (Wildman–Crippen LogP) is 3.68. The summed E-state index contributed by atoms with van der Waals surface area (Å²) in [4.78, 5) is 8.03. The Balaban J connectivity index is 3.07. The third-order valence-corrected chi connectivity index (χ3v) is 2.45. The molecule has 18 heavy (non-hydrogen) atoms. The maximum absolute atomic E-state index is 12.1. The molecule has 1 rings (SSSR count). The van der Waals surface area contributed by atoms with Crippen molar-refractivity contribution in [1.29, 1.82) is 0 Å². The minimum absolute atomic E-state index is 0.104. The summed E-state index contributed by atoms with van der Waals surface area (Å²) >= 11 is 5.86. The van der Waals surface area contributed by atoms with Crippen molar-refractivity contribution in [2.45, 2.75) is 39.3 Å². The van der Waals surface area contributed by atoms with E-state index in [4.69, 9.17) is 11.6 Å². The van der Waals surface area contributed by atoms with E-state index in [1.807, 2.05) is 20.8 Å². The first-order chi connectivity index (χ1) is 8.00. The lowest BCUT2D eigenvalue weighted by molar-refractivity contribution is -0.154. The van der Waals surface area contributed by atoms with Gasteiger partial charge in [0.05, 0.1) is 0 Å². The Hall–Kier alpha value is -1.04. The molecule has 3 nitrogen and oxygen atoms in total. The molecule has 0 saturated heterocycles. The van der Waals surface area contributed by atoms with Gasteiger partial charge in [-0.2, -0.15) is 18.2 Å². The second kappa shape index (κ2) is 4.91. The van der Waals surface area contributed by atoms with Crippen molar-refractivity contribution in [3.63, 3.8) is 0 Å². The van der Waals surface area contributed by atoms with Gasteiger partial charge in [-0.15, -0.1) is 0 Å². The normalized spacial score (nSPS) is 12.7. The molecule has 0 aliphatic carbocycles. The van der Waals surface area contributed by atoms with E-state index in [0.29, 0.717) is 11.4 Å². The number of aromatic nitrogens is 2. The van der Waals surface area contributed by atoms with Crippen LogP contribution < -0.4 is 4.74 Å². The monoisotopic (exact) mass is 282 g/mol. The highest BCUT2D eigenvalue weighted by atomic mass is 35.5. The van der Waals surface area contributed by atoms with Crippen LogP contribution in [0.2, 0.25) is 5.15 Å². The lowest BCUT2D eigenvalue weighted by Crippen LogP contribution is -2.22. The Morgan fingerprint density at radius 1 is 1.17 bits per heavy atom. The zero-order valence-electron chi connectivity index (χ0n) is 10.5. The predicted molar refractivity (Wildman–Crippen MR) is 62.0 cm³/mol. The van der Waals surface area contributed by atoms with Gasteiger partial charge < -0.3 is 4.74 Å². The fourth-order valence-corrected chi connectivity index (χ4v) is 1.26. The molecule has 0 unspecified atom stereocenters. The summed E-state index contributed by atoms with van der Waals surface area (Å²) in [5, 5.41) is 0.104. The van der Waals surface area contributed by atoms with Crippen molar-refractivity contribution in [2.75, 3.05) is 6.61 Å². The Morgan fingerprint density at radius 2 is 1.72 bits per heavy atom. The van der Waals surface area contributed by atoms with E-state index in [9.17, 15) is 13.2 Å². The second-order valence-corrected chi connectivity index (χ2v) is 5.28.